The Morgan fingerprint density at radius 2 is 1.51 bits per heavy atom. The fourth-order valence-corrected chi connectivity index (χ4v) is 6.23. The van der Waals surface area contributed by atoms with E-state index in [-0.39, 0.29) is 11.5 Å². The molecule has 3 aromatic carbocycles. The molecule has 1 heterocycles. The number of carbonyl (C=O) groups excluding carboxylic acids is 2. The molecule has 0 aliphatic carbocycles. The van der Waals surface area contributed by atoms with Crippen LogP contribution in [0.4, 0.5) is 0 Å². The third kappa shape index (κ3) is 7.65. The lowest BCUT2D eigenvalue weighted by molar-refractivity contribution is -0.146. The number of hydrogen-bond donors (Lipinski definition) is 1. The number of ketones is 1. The predicted molar refractivity (Wildman–Crippen MR) is 152 cm³/mol. The maximum atomic E-state index is 12.3. The van der Waals surface area contributed by atoms with E-state index < -0.39 is 26.9 Å². The van der Waals surface area contributed by atoms with Crippen LogP contribution in [-0.4, -0.2) is 25.8 Å². The van der Waals surface area contributed by atoms with Crippen molar-refractivity contribution in [2.75, 3.05) is 0 Å². The van der Waals surface area contributed by atoms with Crippen LogP contribution in [0.25, 0.3) is 10.9 Å². The molecule has 0 saturated carbocycles. The average molecular weight is 535 g/mol. The van der Waals surface area contributed by atoms with Crippen LogP contribution in [0.2, 0.25) is 10.1 Å². The van der Waals surface area contributed by atoms with Crippen molar-refractivity contribution in [1.29, 1.82) is 0 Å². The Balaban J connectivity index is 0.000000555. The van der Waals surface area contributed by atoms with Gasteiger partial charge >= 0.3 is 5.97 Å². The highest BCUT2D eigenvalue weighted by Crippen LogP contribution is 2.39. The number of aromatic amines is 1. The molecule has 1 radical (unpaired) electrons. The first-order valence-electron chi connectivity index (χ1n) is 12.3. The summed E-state index contributed by atoms with van der Waals surface area (Å²) < 4.78 is 12.2. The molecule has 0 bridgehead atoms. The van der Waals surface area contributed by atoms with Gasteiger partial charge in [0.15, 0.2) is 5.75 Å². The van der Waals surface area contributed by atoms with Crippen LogP contribution in [0.3, 0.4) is 0 Å². The number of carbonyl (C=O) groups is 2. The molecule has 0 aliphatic heterocycles. The van der Waals surface area contributed by atoms with Crippen LogP contribution in [0.5, 0.6) is 5.75 Å². The standard InChI is InChI=1S/C24H27ClNO4Si.C6H6/c1-6-20(27)23(28)29-22-18-14-16(25)12-13-19(18)26-21(22)15(2)30-31(24(3,4)5)17-10-8-7-9-11-17;1-2-4-6-5-3-1/h7-15,26H,6H2,1-5H3;1-6H. The second kappa shape index (κ2) is 12.9. The van der Waals surface area contributed by atoms with Gasteiger partial charge < -0.3 is 14.1 Å². The molecule has 193 valence electrons. The predicted octanol–water partition coefficient (Wildman–Crippen LogP) is 7.17. The summed E-state index contributed by atoms with van der Waals surface area (Å²) in [4.78, 5) is 27.5. The average Bonchev–Trinajstić information content (AvgIpc) is 3.25. The highest BCUT2D eigenvalue weighted by atomic mass is 35.5. The molecule has 37 heavy (non-hydrogen) atoms. The number of aromatic nitrogens is 1. The van der Waals surface area contributed by atoms with Gasteiger partial charge in [0.05, 0.1) is 11.8 Å². The minimum absolute atomic E-state index is 0.0779. The normalized spacial score (nSPS) is 12.1. The van der Waals surface area contributed by atoms with Crippen LogP contribution in [0.15, 0.2) is 84.9 Å². The van der Waals surface area contributed by atoms with Crippen molar-refractivity contribution >= 4 is 48.5 Å². The number of rotatable bonds is 7. The van der Waals surface area contributed by atoms with Crippen LogP contribution in [0, 0.1) is 0 Å². The van der Waals surface area contributed by atoms with Gasteiger partial charge in [0.2, 0.25) is 5.78 Å². The van der Waals surface area contributed by atoms with Gasteiger partial charge in [-0.25, -0.2) is 4.79 Å². The van der Waals surface area contributed by atoms with E-state index >= 15 is 0 Å². The summed E-state index contributed by atoms with van der Waals surface area (Å²) >= 11 is 6.18. The largest absolute Gasteiger partial charge is 0.418 e. The van der Waals surface area contributed by atoms with Gasteiger partial charge in [-0.3, -0.25) is 4.79 Å². The van der Waals surface area contributed by atoms with Gasteiger partial charge in [-0.1, -0.05) is 106 Å². The highest BCUT2D eigenvalue weighted by molar-refractivity contribution is 6.70. The molecule has 1 atom stereocenters. The van der Waals surface area contributed by atoms with Crippen molar-refractivity contribution in [1.82, 2.24) is 4.98 Å². The van der Waals surface area contributed by atoms with Crippen LogP contribution >= 0.6 is 11.6 Å². The zero-order chi connectivity index (χ0) is 27.0. The molecular weight excluding hydrogens is 502 g/mol. The topological polar surface area (TPSA) is 68.4 Å². The molecule has 0 amide bonds. The molecule has 4 rings (SSSR count). The molecule has 7 heteroatoms. The quantitative estimate of drug-likeness (QED) is 0.155. The Labute approximate surface area is 225 Å². The van der Waals surface area contributed by atoms with Crippen LogP contribution in [0.1, 0.15) is 52.8 Å². The highest BCUT2D eigenvalue weighted by Gasteiger charge is 2.34. The summed E-state index contributed by atoms with van der Waals surface area (Å²) in [7, 11) is -1.45. The minimum atomic E-state index is -1.45. The van der Waals surface area contributed by atoms with E-state index in [4.69, 9.17) is 20.8 Å². The molecular formula is C30H33ClNO4Si. The van der Waals surface area contributed by atoms with Crippen molar-refractivity contribution in [3.05, 3.63) is 95.6 Å². The van der Waals surface area contributed by atoms with Gasteiger partial charge in [-0.2, -0.15) is 0 Å². The van der Waals surface area contributed by atoms with Crippen molar-refractivity contribution in [3.8, 4) is 5.75 Å². The monoisotopic (exact) mass is 534 g/mol. The Morgan fingerprint density at radius 1 is 0.946 bits per heavy atom. The van der Waals surface area contributed by atoms with Gasteiger partial charge in [0, 0.05) is 22.3 Å². The Kier molecular flexibility index (Phi) is 9.86. The van der Waals surface area contributed by atoms with E-state index in [1.165, 1.54) is 0 Å². The summed E-state index contributed by atoms with van der Waals surface area (Å²) in [5, 5.41) is 2.23. The van der Waals surface area contributed by atoms with Crippen molar-refractivity contribution in [3.63, 3.8) is 0 Å². The number of Topliss-reactive ketones (excluding diaryl/α,β-unsaturated/α-hetero) is 1. The first-order chi connectivity index (χ1) is 17.6. The molecule has 1 unspecified atom stereocenters. The second-order valence-electron chi connectivity index (χ2n) is 9.58. The number of halogens is 1. The van der Waals surface area contributed by atoms with Gasteiger partial charge in [-0.05, 0) is 35.3 Å². The van der Waals surface area contributed by atoms with Gasteiger partial charge in [0.1, 0.15) is 0 Å². The van der Waals surface area contributed by atoms with Crippen molar-refractivity contribution < 1.29 is 18.8 Å². The molecule has 4 aromatic rings. The Bertz CT molecular complexity index is 1290. The number of H-pyrrole nitrogens is 1. The van der Waals surface area contributed by atoms with Gasteiger partial charge in [0.25, 0.3) is 9.04 Å². The second-order valence-corrected chi connectivity index (χ2v) is 13.0. The Morgan fingerprint density at radius 3 is 2.05 bits per heavy atom. The van der Waals surface area contributed by atoms with E-state index in [0.717, 1.165) is 10.7 Å². The minimum Gasteiger partial charge on any atom is -0.418 e. The fraction of sp³-hybridized carbons (Fsp3) is 0.267. The molecule has 0 saturated heterocycles. The zero-order valence-corrected chi connectivity index (χ0v) is 23.6. The zero-order valence-electron chi connectivity index (χ0n) is 21.9. The number of nitrogens with one attached hydrogen (secondary N) is 1. The summed E-state index contributed by atoms with van der Waals surface area (Å²) in [6.45, 7) is 10.0. The fourth-order valence-electron chi connectivity index (χ4n) is 3.74. The molecule has 0 fully saturated rings. The summed E-state index contributed by atoms with van der Waals surface area (Å²) in [5.74, 6) is -1.18. The first kappa shape index (κ1) is 28.4. The van der Waals surface area contributed by atoms with E-state index in [1.54, 1.807) is 19.1 Å². The number of benzene rings is 3. The van der Waals surface area contributed by atoms with E-state index in [2.05, 4.69) is 37.9 Å². The van der Waals surface area contributed by atoms with Crippen LogP contribution in [-0.2, 0) is 14.0 Å². The van der Waals surface area contributed by atoms with Crippen LogP contribution < -0.4 is 9.92 Å². The summed E-state index contributed by atoms with van der Waals surface area (Å²) in [6.07, 6.45) is -0.326. The number of fused-ring (bicyclic) bond motifs is 1. The maximum absolute atomic E-state index is 12.3. The lowest BCUT2D eigenvalue weighted by atomic mass is 10.2. The number of hydrogen-bond acceptors (Lipinski definition) is 4. The van der Waals surface area contributed by atoms with Gasteiger partial charge in [-0.15, -0.1) is 0 Å². The summed E-state index contributed by atoms with van der Waals surface area (Å²) in [5.41, 5.74) is 1.36. The van der Waals surface area contributed by atoms with Crippen molar-refractivity contribution in [2.45, 2.75) is 52.2 Å². The number of ether oxygens (including phenoxy) is 1. The third-order valence-corrected chi connectivity index (χ3v) is 8.61. The summed E-state index contributed by atoms with van der Waals surface area (Å²) in [6, 6.07) is 27.5. The Hall–Kier alpha value is -3.19. The molecule has 1 N–H and O–H groups in total. The molecule has 0 spiro atoms. The lowest BCUT2D eigenvalue weighted by Crippen LogP contribution is -2.42. The third-order valence-electron chi connectivity index (χ3n) is 5.57. The molecule has 1 aromatic heterocycles. The van der Waals surface area contributed by atoms with E-state index in [1.807, 2.05) is 67.6 Å². The maximum Gasteiger partial charge on any atom is 0.380 e. The smallest absolute Gasteiger partial charge is 0.380 e. The van der Waals surface area contributed by atoms with E-state index in [9.17, 15) is 9.59 Å². The first-order valence-corrected chi connectivity index (χ1v) is 14.1. The molecule has 5 nitrogen and oxygen atoms in total. The molecule has 0 aliphatic rings. The SMILES string of the molecule is CCC(=O)C(=O)Oc1c(C(C)O[Si](c2ccccc2)C(C)(C)C)[nH]c2ccc(Cl)cc12.c1ccccc1. The number of esters is 1. The van der Waals surface area contributed by atoms with Crippen molar-refractivity contribution in [2.24, 2.45) is 0 Å². The lowest BCUT2D eigenvalue weighted by Gasteiger charge is -2.31. The van der Waals surface area contributed by atoms with E-state index in [0.29, 0.717) is 21.9 Å².